The number of hydrogen-bond acceptors (Lipinski definition) is 7. The zero-order chi connectivity index (χ0) is 17.5. The number of piperidine rings is 1. The van der Waals surface area contributed by atoms with Crippen LogP contribution in [-0.4, -0.2) is 77.6 Å². The summed E-state index contributed by atoms with van der Waals surface area (Å²) in [6, 6.07) is -2.12. The Morgan fingerprint density at radius 3 is 2.67 bits per heavy atom. The molecule has 0 saturated carbocycles. The van der Waals surface area contributed by atoms with Crippen molar-refractivity contribution in [3.05, 3.63) is 7.05 Å². The van der Waals surface area contributed by atoms with Gasteiger partial charge >= 0.3 is 16.4 Å². The topological polar surface area (TPSA) is 129 Å². The largest absolute Gasteiger partial charge is 0.418 e. The van der Waals surface area contributed by atoms with Crippen molar-refractivity contribution in [1.29, 1.82) is 0 Å². The number of likely N-dealkylation sites (tertiary alicyclic amines) is 1. The highest BCUT2D eigenvalue weighted by molar-refractivity contribution is 7.80. The molecule has 3 atom stereocenters. The summed E-state index contributed by atoms with van der Waals surface area (Å²) < 4.78 is 34.7. The molecule has 2 N–H and O–H groups in total. The van der Waals surface area contributed by atoms with Crippen LogP contribution < -0.4 is 5.48 Å². The Bertz CT molecular complexity index is 627. The molecular weight excluding hydrogens is 344 g/mol. The first-order valence-corrected chi connectivity index (χ1v) is 8.83. The van der Waals surface area contributed by atoms with Gasteiger partial charge in [0.15, 0.2) is 0 Å². The van der Waals surface area contributed by atoms with Gasteiger partial charge in [0.2, 0.25) is 0 Å². The number of urea groups is 1. The van der Waals surface area contributed by atoms with Gasteiger partial charge in [-0.05, 0) is 19.3 Å². The van der Waals surface area contributed by atoms with Crippen LogP contribution in [0.4, 0.5) is 4.79 Å². The maximum absolute atomic E-state index is 12.3. The Morgan fingerprint density at radius 2 is 2.04 bits per heavy atom. The molecule has 3 heterocycles. The molecule has 3 saturated heterocycles. The predicted molar refractivity (Wildman–Crippen MR) is 76.9 cm³/mol. The van der Waals surface area contributed by atoms with Gasteiger partial charge in [-0.2, -0.15) is 13.5 Å². The second kappa shape index (κ2) is 6.44. The molecule has 24 heavy (non-hydrogen) atoms. The number of fused-ring (bicyclic) bond motifs is 2. The van der Waals surface area contributed by atoms with Gasteiger partial charge < -0.3 is 4.90 Å². The maximum Gasteiger partial charge on any atom is 0.418 e. The fourth-order valence-electron chi connectivity index (χ4n) is 3.16. The minimum atomic E-state index is -4.81. The molecule has 3 aliphatic rings. The van der Waals surface area contributed by atoms with E-state index in [1.807, 2.05) is 0 Å². The maximum atomic E-state index is 12.3. The van der Waals surface area contributed by atoms with Gasteiger partial charge in [0, 0.05) is 26.7 Å². The first kappa shape index (κ1) is 17.4. The van der Waals surface area contributed by atoms with E-state index in [1.165, 1.54) is 4.90 Å². The number of carbonyl (C=O) groups excluding carboxylic acids is 2. The van der Waals surface area contributed by atoms with Crippen LogP contribution in [0.2, 0.25) is 0 Å². The molecule has 134 valence electrons. The van der Waals surface area contributed by atoms with E-state index in [-0.39, 0.29) is 12.6 Å². The van der Waals surface area contributed by atoms with Crippen molar-refractivity contribution in [2.45, 2.75) is 37.5 Å². The smallest absolute Gasteiger partial charge is 0.309 e. The Morgan fingerprint density at radius 1 is 1.29 bits per heavy atom. The molecule has 3 rings (SSSR count). The van der Waals surface area contributed by atoms with Crippen molar-refractivity contribution < 1.29 is 31.7 Å². The summed E-state index contributed by atoms with van der Waals surface area (Å²) in [6.07, 6.45) is 1.15. The van der Waals surface area contributed by atoms with Gasteiger partial charge in [0.25, 0.3) is 5.91 Å². The second-order valence-corrected chi connectivity index (χ2v) is 7.00. The highest BCUT2D eigenvalue weighted by Crippen LogP contribution is 2.30. The summed E-state index contributed by atoms with van der Waals surface area (Å²) >= 11 is 0. The van der Waals surface area contributed by atoms with Gasteiger partial charge in [0.1, 0.15) is 6.04 Å². The van der Waals surface area contributed by atoms with Crippen LogP contribution in [0.1, 0.15) is 19.3 Å². The molecule has 2 bridgehead atoms. The van der Waals surface area contributed by atoms with E-state index in [0.717, 1.165) is 0 Å². The number of carbonyl (C=O) groups is 2. The summed E-state index contributed by atoms with van der Waals surface area (Å²) in [5.74, 6) is -0.494. The summed E-state index contributed by atoms with van der Waals surface area (Å²) in [7, 11) is 0.799. The molecule has 11 nitrogen and oxygen atoms in total. The SMILES string of the molecule is [CH]N1CC[C@H](ONC(=O)[C@@H]2CC[C@@H]3CN2C(=O)N3OS(=O)(=O)O)C1. The zero-order valence-corrected chi connectivity index (χ0v) is 13.5. The third-order valence-corrected chi connectivity index (χ3v) is 4.65. The van der Waals surface area contributed by atoms with Crippen LogP contribution in [0, 0.1) is 7.05 Å². The number of rotatable bonds is 5. The summed E-state index contributed by atoms with van der Waals surface area (Å²) in [5, 5.41) is 0.590. The van der Waals surface area contributed by atoms with Crippen LogP contribution in [-0.2, 0) is 24.3 Å². The zero-order valence-electron chi connectivity index (χ0n) is 12.7. The fourth-order valence-corrected chi connectivity index (χ4v) is 3.55. The molecule has 3 aliphatic heterocycles. The van der Waals surface area contributed by atoms with Gasteiger partial charge in [-0.25, -0.2) is 10.3 Å². The molecular formula is C12H18N4O7S. The first-order valence-electron chi connectivity index (χ1n) is 7.46. The van der Waals surface area contributed by atoms with Gasteiger partial charge in [-0.15, -0.1) is 4.28 Å². The van der Waals surface area contributed by atoms with Crippen molar-refractivity contribution in [2.75, 3.05) is 19.6 Å². The highest BCUT2D eigenvalue weighted by atomic mass is 32.3. The average molecular weight is 362 g/mol. The molecule has 0 aromatic carbocycles. The molecule has 12 heteroatoms. The van der Waals surface area contributed by atoms with E-state index in [0.29, 0.717) is 37.4 Å². The van der Waals surface area contributed by atoms with Crippen LogP contribution in [0.5, 0.6) is 0 Å². The number of hydrogen-bond donors (Lipinski definition) is 2. The summed E-state index contributed by atoms with van der Waals surface area (Å²) in [6.45, 7) is 1.29. The molecule has 3 fully saturated rings. The van der Waals surface area contributed by atoms with E-state index in [2.05, 4.69) is 9.76 Å². The van der Waals surface area contributed by atoms with Gasteiger partial charge in [0.05, 0.1) is 12.1 Å². The standard InChI is InChI=1S/C12H18N4O7S/c1-14-5-4-9(7-14)22-13-11(17)10-3-2-8-6-15(10)12(18)16(8)23-24(19,20)21/h1,8-10H,2-7H2,(H,13,17)(H,19,20,21)/t8-,9+,10+/m1/s1. The third kappa shape index (κ3) is 3.62. The monoisotopic (exact) mass is 362 g/mol. The van der Waals surface area contributed by atoms with Crippen molar-refractivity contribution >= 4 is 22.3 Å². The normalized spacial score (nSPS) is 30.9. The van der Waals surface area contributed by atoms with Crippen LogP contribution in [0.15, 0.2) is 0 Å². The molecule has 2 radical (unpaired) electrons. The lowest BCUT2D eigenvalue weighted by Gasteiger charge is -2.29. The molecule has 0 spiro atoms. The lowest BCUT2D eigenvalue weighted by Crippen LogP contribution is -2.50. The molecule has 3 amide bonds. The van der Waals surface area contributed by atoms with E-state index < -0.39 is 34.4 Å². The summed E-state index contributed by atoms with van der Waals surface area (Å²) in [4.78, 5) is 32.5. The van der Waals surface area contributed by atoms with Crippen molar-refractivity contribution in [3.63, 3.8) is 0 Å². The molecule has 0 unspecified atom stereocenters. The molecule has 0 aromatic rings. The lowest BCUT2D eigenvalue weighted by atomic mass is 10.0. The van der Waals surface area contributed by atoms with E-state index in [4.69, 9.17) is 16.4 Å². The first-order chi connectivity index (χ1) is 11.2. The number of hydroxylamine groups is 3. The fraction of sp³-hybridized carbons (Fsp3) is 0.750. The van der Waals surface area contributed by atoms with Gasteiger partial charge in [-0.1, -0.05) is 0 Å². The number of amides is 3. The quantitative estimate of drug-likeness (QED) is 0.460. The molecule has 0 aliphatic carbocycles. The van der Waals surface area contributed by atoms with Crippen molar-refractivity contribution in [1.82, 2.24) is 20.3 Å². The molecule has 0 aromatic heterocycles. The van der Waals surface area contributed by atoms with Crippen molar-refractivity contribution in [3.8, 4) is 0 Å². The van der Waals surface area contributed by atoms with E-state index >= 15 is 0 Å². The Hall–Kier alpha value is -1.47. The van der Waals surface area contributed by atoms with Crippen molar-refractivity contribution in [2.24, 2.45) is 0 Å². The Labute approximate surface area is 139 Å². The summed E-state index contributed by atoms with van der Waals surface area (Å²) in [5.41, 5.74) is 2.34. The third-order valence-electron chi connectivity index (χ3n) is 4.30. The van der Waals surface area contributed by atoms with Crippen LogP contribution in [0.3, 0.4) is 0 Å². The number of nitrogens with zero attached hydrogens (tertiary/aromatic N) is 3. The highest BCUT2D eigenvalue weighted by Gasteiger charge is 2.49. The average Bonchev–Trinajstić information content (AvgIpc) is 3.02. The Balaban J connectivity index is 1.58. The van der Waals surface area contributed by atoms with Crippen LogP contribution >= 0.6 is 0 Å². The predicted octanol–water partition coefficient (Wildman–Crippen LogP) is -1.22. The number of nitrogens with one attached hydrogen (secondary N) is 1. The van der Waals surface area contributed by atoms with Crippen LogP contribution in [0.25, 0.3) is 0 Å². The van der Waals surface area contributed by atoms with Gasteiger partial charge in [-0.3, -0.25) is 19.1 Å². The second-order valence-electron chi connectivity index (χ2n) is 6.00. The minimum absolute atomic E-state index is 0.131. The van der Waals surface area contributed by atoms with E-state index in [9.17, 15) is 18.0 Å². The minimum Gasteiger partial charge on any atom is -0.309 e. The van der Waals surface area contributed by atoms with E-state index in [1.54, 1.807) is 4.90 Å². The Kier molecular flexibility index (Phi) is 4.66. The lowest BCUT2D eigenvalue weighted by molar-refractivity contribution is -0.143.